The first-order chi connectivity index (χ1) is 10.8. The molecule has 1 aromatic carbocycles. The van der Waals surface area contributed by atoms with Gasteiger partial charge in [0, 0.05) is 17.5 Å². The van der Waals surface area contributed by atoms with E-state index in [4.69, 9.17) is 5.11 Å². The summed E-state index contributed by atoms with van der Waals surface area (Å²) >= 11 is 0. The Morgan fingerprint density at radius 1 is 1.35 bits per heavy atom. The Labute approximate surface area is 130 Å². The Morgan fingerprint density at radius 3 is 2.61 bits per heavy atom. The number of aliphatic carboxylic acids is 1. The predicted molar refractivity (Wildman–Crippen MR) is 79.7 cm³/mol. The van der Waals surface area contributed by atoms with E-state index in [1.165, 1.54) is 37.4 Å². The van der Waals surface area contributed by atoms with Gasteiger partial charge in [-0.25, -0.2) is 4.98 Å². The van der Waals surface area contributed by atoms with Crippen LogP contribution in [0.25, 0.3) is 0 Å². The monoisotopic (exact) mass is 323 g/mol. The zero-order valence-electron chi connectivity index (χ0n) is 12.3. The maximum Gasteiger partial charge on any atom is 0.323 e. The molecule has 122 valence electrons. The van der Waals surface area contributed by atoms with Crippen LogP contribution in [-0.4, -0.2) is 27.2 Å². The molecule has 1 aromatic heterocycles. The molecule has 6 nitrogen and oxygen atoms in total. The number of carboxylic acids is 1. The number of aryl methyl sites for hydroxylation is 1. The first-order valence-electron chi connectivity index (χ1n) is 6.77. The van der Waals surface area contributed by atoms with Crippen molar-refractivity contribution in [3.63, 3.8) is 0 Å². The Kier molecular flexibility index (Phi) is 4.73. The summed E-state index contributed by atoms with van der Waals surface area (Å²) in [6.45, 7) is 0.131. The van der Waals surface area contributed by atoms with Crippen molar-refractivity contribution in [1.82, 2.24) is 9.55 Å². The van der Waals surface area contributed by atoms with E-state index >= 15 is 0 Å². The van der Waals surface area contributed by atoms with Crippen LogP contribution in [0, 0.1) is 6.92 Å². The Morgan fingerprint density at radius 2 is 2.00 bits per heavy atom. The molecule has 2 rings (SSSR count). The third kappa shape index (κ3) is 3.91. The Hall–Kier alpha value is -2.77. The molecule has 0 unspecified atom stereocenters. The molecule has 2 N–H and O–H groups in total. The molecule has 23 heavy (non-hydrogen) atoms. The number of halogens is 2. The van der Waals surface area contributed by atoms with Gasteiger partial charge in [-0.1, -0.05) is 30.3 Å². The largest absolute Gasteiger partial charge is 0.480 e. The molecule has 2 aromatic rings. The normalized spacial score (nSPS) is 11.3. The van der Waals surface area contributed by atoms with Gasteiger partial charge >= 0.3 is 5.97 Å². The van der Waals surface area contributed by atoms with Gasteiger partial charge in [-0.15, -0.1) is 0 Å². The second kappa shape index (κ2) is 6.55. The minimum Gasteiger partial charge on any atom is -0.480 e. The summed E-state index contributed by atoms with van der Waals surface area (Å²) in [6, 6.07) is 7.18. The number of anilines is 1. The molecule has 0 fully saturated rings. The number of hydrogen-bond acceptors (Lipinski definition) is 4. The standard InChI is InChI=1S/C15H15F2N3O3/c1-10-7-18-13(14(23)20(10)8-12(21)22)19-9-15(16,17)11-5-3-2-4-6-11/h2-7H,8-9H2,1H3,(H,18,19)(H,21,22). The van der Waals surface area contributed by atoms with Crippen molar-refractivity contribution in [2.24, 2.45) is 0 Å². The summed E-state index contributed by atoms with van der Waals surface area (Å²) in [5.41, 5.74) is -0.612. The molecule has 0 radical (unpaired) electrons. The van der Waals surface area contributed by atoms with E-state index in [1.807, 2.05) is 0 Å². The zero-order chi connectivity index (χ0) is 17.0. The third-order valence-electron chi connectivity index (χ3n) is 3.22. The molecule has 8 heteroatoms. The highest BCUT2D eigenvalue weighted by atomic mass is 19.3. The Bertz CT molecular complexity index is 760. The van der Waals surface area contributed by atoms with Crippen molar-refractivity contribution in [2.45, 2.75) is 19.4 Å². The average Bonchev–Trinajstić information content (AvgIpc) is 2.51. The summed E-state index contributed by atoms with van der Waals surface area (Å²) in [5, 5.41) is 11.1. The SMILES string of the molecule is Cc1cnc(NCC(F)(F)c2ccccc2)c(=O)n1CC(=O)O. The fourth-order valence-electron chi connectivity index (χ4n) is 2.00. The van der Waals surface area contributed by atoms with Gasteiger partial charge in [0.05, 0.1) is 6.54 Å². The molecule has 0 bridgehead atoms. The van der Waals surface area contributed by atoms with E-state index in [-0.39, 0.29) is 11.4 Å². The van der Waals surface area contributed by atoms with Gasteiger partial charge in [0.15, 0.2) is 5.82 Å². The van der Waals surface area contributed by atoms with Crippen LogP contribution in [0.5, 0.6) is 0 Å². The van der Waals surface area contributed by atoms with E-state index in [0.717, 1.165) is 4.57 Å². The molecular formula is C15H15F2N3O3. The highest BCUT2D eigenvalue weighted by Crippen LogP contribution is 2.27. The lowest BCUT2D eigenvalue weighted by Gasteiger charge is -2.18. The second-order valence-corrected chi connectivity index (χ2v) is 4.96. The first kappa shape index (κ1) is 16.6. The maximum atomic E-state index is 14.1. The van der Waals surface area contributed by atoms with E-state index < -0.39 is 30.5 Å². The van der Waals surface area contributed by atoms with Gasteiger partial charge in [0.1, 0.15) is 6.54 Å². The van der Waals surface area contributed by atoms with Crippen LogP contribution in [0.2, 0.25) is 0 Å². The van der Waals surface area contributed by atoms with Gasteiger partial charge in [0.25, 0.3) is 11.5 Å². The number of carbonyl (C=O) groups is 1. The lowest BCUT2D eigenvalue weighted by atomic mass is 10.1. The minimum absolute atomic E-state index is 0.189. The fraction of sp³-hybridized carbons (Fsp3) is 0.267. The van der Waals surface area contributed by atoms with E-state index in [2.05, 4.69) is 10.3 Å². The lowest BCUT2D eigenvalue weighted by Crippen LogP contribution is -2.32. The van der Waals surface area contributed by atoms with Gasteiger partial charge in [0.2, 0.25) is 0 Å². The van der Waals surface area contributed by atoms with Crippen LogP contribution >= 0.6 is 0 Å². The number of nitrogens with zero attached hydrogens (tertiary/aromatic N) is 2. The van der Waals surface area contributed by atoms with Crippen molar-refractivity contribution in [1.29, 1.82) is 0 Å². The lowest BCUT2D eigenvalue weighted by molar-refractivity contribution is -0.137. The second-order valence-electron chi connectivity index (χ2n) is 4.96. The van der Waals surface area contributed by atoms with Crippen LogP contribution < -0.4 is 10.9 Å². The van der Waals surface area contributed by atoms with Crippen molar-refractivity contribution in [3.8, 4) is 0 Å². The molecule has 1 heterocycles. The molecule has 0 saturated heterocycles. The molecule has 0 atom stereocenters. The number of nitrogens with one attached hydrogen (secondary N) is 1. The number of benzene rings is 1. The summed E-state index contributed by atoms with van der Waals surface area (Å²) in [5.74, 6) is -4.72. The molecule has 0 aliphatic carbocycles. The summed E-state index contributed by atoms with van der Waals surface area (Å²) in [7, 11) is 0. The minimum atomic E-state index is -3.20. The van der Waals surface area contributed by atoms with Crippen LogP contribution in [0.15, 0.2) is 41.3 Å². The van der Waals surface area contributed by atoms with Gasteiger partial charge in [-0.3, -0.25) is 14.2 Å². The van der Waals surface area contributed by atoms with Crippen molar-refractivity contribution >= 4 is 11.8 Å². The van der Waals surface area contributed by atoms with Crippen LogP contribution in [-0.2, 0) is 17.3 Å². The fourth-order valence-corrected chi connectivity index (χ4v) is 2.00. The van der Waals surface area contributed by atoms with Gasteiger partial charge in [-0.2, -0.15) is 8.78 Å². The number of carboxylic acid groups (broad SMARTS) is 1. The van der Waals surface area contributed by atoms with Crippen LogP contribution in [0.3, 0.4) is 0 Å². The summed E-state index contributed by atoms with van der Waals surface area (Å²) in [6.07, 6.45) is 1.26. The zero-order valence-corrected chi connectivity index (χ0v) is 12.3. The number of alkyl halides is 2. The summed E-state index contributed by atoms with van der Waals surface area (Å²) < 4.78 is 29.1. The number of aromatic nitrogens is 2. The number of rotatable bonds is 6. The highest BCUT2D eigenvalue weighted by molar-refractivity contribution is 5.66. The highest BCUT2D eigenvalue weighted by Gasteiger charge is 2.31. The Balaban J connectivity index is 2.21. The molecule has 0 saturated carbocycles. The average molecular weight is 323 g/mol. The molecule has 0 spiro atoms. The first-order valence-corrected chi connectivity index (χ1v) is 6.77. The molecular weight excluding hydrogens is 308 g/mol. The molecule has 0 amide bonds. The maximum absolute atomic E-state index is 14.1. The van der Waals surface area contributed by atoms with E-state index in [1.54, 1.807) is 6.07 Å². The third-order valence-corrected chi connectivity index (χ3v) is 3.22. The number of hydrogen-bond donors (Lipinski definition) is 2. The molecule has 0 aliphatic heterocycles. The van der Waals surface area contributed by atoms with Gasteiger partial charge in [-0.05, 0) is 6.92 Å². The predicted octanol–water partition coefficient (Wildman–Crippen LogP) is 1.84. The van der Waals surface area contributed by atoms with Crippen molar-refractivity contribution in [3.05, 3.63) is 58.1 Å². The smallest absolute Gasteiger partial charge is 0.323 e. The van der Waals surface area contributed by atoms with Crippen LogP contribution in [0.1, 0.15) is 11.3 Å². The van der Waals surface area contributed by atoms with Crippen molar-refractivity contribution in [2.75, 3.05) is 11.9 Å². The van der Waals surface area contributed by atoms with E-state index in [9.17, 15) is 18.4 Å². The van der Waals surface area contributed by atoms with E-state index in [0.29, 0.717) is 5.69 Å². The molecule has 0 aliphatic rings. The van der Waals surface area contributed by atoms with Gasteiger partial charge < -0.3 is 10.4 Å². The van der Waals surface area contributed by atoms with Crippen molar-refractivity contribution < 1.29 is 18.7 Å². The topological polar surface area (TPSA) is 84.2 Å². The quantitative estimate of drug-likeness (QED) is 0.847. The summed E-state index contributed by atoms with van der Waals surface area (Å²) in [4.78, 5) is 26.6. The van der Waals surface area contributed by atoms with Crippen LogP contribution in [0.4, 0.5) is 14.6 Å².